The minimum absolute atomic E-state index is 0.0385. The molecule has 1 unspecified atom stereocenters. The Hall–Kier alpha value is -3.09. The molecule has 1 amide bonds. The fourth-order valence-corrected chi connectivity index (χ4v) is 2.97. The highest BCUT2D eigenvalue weighted by molar-refractivity contribution is 5.96. The maximum absolute atomic E-state index is 12.6. The van der Waals surface area contributed by atoms with E-state index in [1.165, 1.54) is 0 Å². The molecule has 0 saturated carbocycles. The van der Waals surface area contributed by atoms with Gasteiger partial charge in [-0.2, -0.15) is 0 Å². The number of hydrogen-bond donors (Lipinski definition) is 2. The molecular formula is C19H23N3O4. The van der Waals surface area contributed by atoms with E-state index in [1.807, 2.05) is 17.9 Å². The van der Waals surface area contributed by atoms with Crippen LogP contribution < -0.4 is 30.2 Å². The van der Waals surface area contributed by atoms with Gasteiger partial charge in [-0.25, -0.2) is 0 Å². The fraction of sp³-hybridized carbons (Fsp3) is 0.316. The second kappa shape index (κ2) is 7.43. The van der Waals surface area contributed by atoms with Crippen molar-refractivity contribution < 1.29 is 19.0 Å². The van der Waals surface area contributed by atoms with Crippen molar-refractivity contribution in [2.45, 2.75) is 13.0 Å². The first kappa shape index (κ1) is 17.7. The largest absolute Gasteiger partial charge is 0.497 e. The van der Waals surface area contributed by atoms with E-state index in [0.29, 0.717) is 35.2 Å². The molecule has 1 aliphatic heterocycles. The van der Waals surface area contributed by atoms with Crippen LogP contribution in [0.3, 0.4) is 0 Å². The number of nitrogens with zero attached hydrogens (tertiary/aromatic N) is 1. The zero-order chi connectivity index (χ0) is 18.7. The molecule has 0 spiro atoms. The number of methoxy groups -OCH3 is 2. The number of hydrogen-bond acceptors (Lipinski definition) is 6. The first-order chi connectivity index (χ1) is 12.5. The van der Waals surface area contributed by atoms with Crippen molar-refractivity contribution in [3.05, 3.63) is 36.4 Å². The van der Waals surface area contributed by atoms with Gasteiger partial charge in [-0.05, 0) is 31.2 Å². The average Bonchev–Trinajstić information content (AvgIpc) is 2.60. The topological polar surface area (TPSA) is 86.0 Å². The fourth-order valence-electron chi connectivity index (χ4n) is 2.97. The number of amides is 1. The molecule has 1 atom stereocenters. The Bertz CT molecular complexity index is 809. The quantitative estimate of drug-likeness (QED) is 0.800. The molecular weight excluding hydrogens is 334 g/mol. The van der Waals surface area contributed by atoms with E-state index < -0.39 is 0 Å². The van der Waals surface area contributed by atoms with Crippen LogP contribution in [0.1, 0.15) is 6.92 Å². The Kier molecular flexibility index (Phi) is 5.06. The van der Waals surface area contributed by atoms with Gasteiger partial charge in [0.25, 0.3) is 0 Å². The van der Waals surface area contributed by atoms with Crippen LogP contribution in [-0.4, -0.2) is 39.3 Å². The third-order valence-corrected chi connectivity index (χ3v) is 4.15. The molecule has 7 nitrogen and oxygen atoms in total. The molecule has 0 radical (unpaired) electrons. The highest BCUT2D eigenvalue weighted by Gasteiger charge is 2.25. The normalized spacial score (nSPS) is 15.7. The smallest absolute Gasteiger partial charge is 0.244 e. The summed E-state index contributed by atoms with van der Waals surface area (Å²) in [5.74, 6) is 1.74. The van der Waals surface area contributed by atoms with Gasteiger partial charge in [-0.1, -0.05) is 0 Å². The summed E-state index contributed by atoms with van der Waals surface area (Å²) in [5.41, 5.74) is 7.88. The molecule has 3 N–H and O–H groups in total. The number of nitrogens with two attached hydrogens (primary N) is 1. The van der Waals surface area contributed by atoms with Gasteiger partial charge < -0.3 is 30.2 Å². The zero-order valence-electron chi connectivity index (χ0n) is 15.1. The van der Waals surface area contributed by atoms with Crippen molar-refractivity contribution in [1.29, 1.82) is 0 Å². The van der Waals surface area contributed by atoms with E-state index in [4.69, 9.17) is 19.9 Å². The summed E-state index contributed by atoms with van der Waals surface area (Å²) >= 11 is 0. The molecule has 0 saturated heterocycles. The molecule has 0 bridgehead atoms. The van der Waals surface area contributed by atoms with Crippen molar-refractivity contribution in [2.24, 2.45) is 0 Å². The Labute approximate surface area is 152 Å². The molecule has 26 heavy (non-hydrogen) atoms. The predicted molar refractivity (Wildman–Crippen MR) is 101 cm³/mol. The maximum atomic E-state index is 12.6. The Balaban J connectivity index is 1.77. The van der Waals surface area contributed by atoms with Crippen LogP contribution in [0.2, 0.25) is 0 Å². The molecule has 3 rings (SSSR count). The van der Waals surface area contributed by atoms with Crippen LogP contribution in [0.4, 0.5) is 17.1 Å². The van der Waals surface area contributed by atoms with Crippen molar-refractivity contribution >= 4 is 23.0 Å². The average molecular weight is 357 g/mol. The molecule has 138 valence electrons. The van der Waals surface area contributed by atoms with E-state index in [2.05, 4.69) is 5.32 Å². The molecule has 2 aromatic rings. The number of rotatable bonds is 5. The van der Waals surface area contributed by atoms with E-state index in [0.717, 1.165) is 5.69 Å². The summed E-state index contributed by atoms with van der Waals surface area (Å²) < 4.78 is 16.3. The van der Waals surface area contributed by atoms with Crippen LogP contribution >= 0.6 is 0 Å². The Morgan fingerprint density at radius 3 is 2.81 bits per heavy atom. The number of carbonyl (C=O) groups excluding carboxylic acids is 1. The lowest BCUT2D eigenvalue weighted by Gasteiger charge is -2.34. The number of anilines is 3. The third-order valence-electron chi connectivity index (χ3n) is 4.15. The number of ether oxygens (including phenoxy) is 3. The maximum Gasteiger partial charge on any atom is 0.244 e. The van der Waals surface area contributed by atoms with Gasteiger partial charge in [0.05, 0.1) is 38.7 Å². The molecule has 7 heteroatoms. The number of nitrogens with one attached hydrogen (secondary N) is 1. The third kappa shape index (κ3) is 3.77. The first-order valence-corrected chi connectivity index (χ1v) is 8.33. The lowest BCUT2D eigenvalue weighted by molar-refractivity contribution is -0.115. The van der Waals surface area contributed by atoms with Crippen molar-refractivity contribution in [3.63, 3.8) is 0 Å². The Morgan fingerprint density at radius 2 is 2.08 bits per heavy atom. The van der Waals surface area contributed by atoms with Gasteiger partial charge in [-0.3, -0.25) is 4.79 Å². The lowest BCUT2D eigenvalue weighted by atomic mass is 10.2. The van der Waals surface area contributed by atoms with E-state index >= 15 is 0 Å². The molecule has 1 heterocycles. The van der Waals surface area contributed by atoms with Gasteiger partial charge in [0.15, 0.2) is 0 Å². The van der Waals surface area contributed by atoms with Crippen LogP contribution in [0.25, 0.3) is 0 Å². The number of nitrogen functional groups attached to an aromatic ring is 1. The molecule has 0 aromatic heterocycles. The molecule has 2 aromatic carbocycles. The van der Waals surface area contributed by atoms with Crippen LogP contribution in [0, 0.1) is 0 Å². The van der Waals surface area contributed by atoms with Gasteiger partial charge in [0, 0.05) is 17.8 Å². The monoisotopic (exact) mass is 357 g/mol. The minimum Gasteiger partial charge on any atom is -0.497 e. The highest BCUT2D eigenvalue weighted by Crippen LogP contribution is 2.35. The van der Waals surface area contributed by atoms with Gasteiger partial charge in [-0.15, -0.1) is 0 Å². The number of carbonyl (C=O) groups is 1. The van der Waals surface area contributed by atoms with Gasteiger partial charge in [0.2, 0.25) is 5.91 Å². The van der Waals surface area contributed by atoms with Crippen molar-refractivity contribution in [3.8, 4) is 17.2 Å². The lowest BCUT2D eigenvalue weighted by Crippen LogP contribution is -2.42. The summed E-state index contributed by atoms with van der Waals surface area (Å²) in [6.45, 7) is 2.76. The summed E-state index contributed by atoms with van der Waals surface area (Å²) in [6, 6.07) is 10.7. The number of benzene rings is 2. The second-order valence-corrected chi connectivity index (χ2v) is 6.15. The summed E-state index contributed by atoms with van der Waals surface area (Å²) in [6.07, 6.45) is -0.0385. The summed E-state index contributed by atoms with van der Waals surface area (Å²) in [7, 11) is 3.13. The van der Waals surface area contributed by atoms with Gasteiger partial charge in [0.1, 0.15) is 23.4 Å². The Morgan fingerprint density at radius 1 is 1.27 bits per heavy atom. The molecule has 0 fully saturated rings. The second-order valence-electron chi connectivity index (χ2n) is 6.15. The minimum atomic E-state index is -0.159. The summed E-state index contributed by atoms with van der Waals surface area (Å²) in [4.78, 5) is 14.6. The number of fused-ring (bicyclic) bond motifs is 1. The van der Waals surface area contributed by atoms with Crippen LogP contribution in [0.15, 0.2) is 36.4 Å². The van der Waals surface area contributed by atoms with E-state index in [-0.39, 0.29) is 18.6 Å². The van der Waals surface area contributed by atoms with Gasteiger partial charge >= 0.3 is 0 Å². The van der Waals surface area contributed by atoms with E-state index in [1.54, 1.807) is 44.6 Å². The van der Waals surface area contributed by atoms with Crippen molar-refractivity contribution in [1.82, 2.24) is 0 Å². The van der Waals surface area contributed by atoms with Crippen molar-refractivity contribution in [2.75, 3.05) is 43.3 Å². The SMILES string of the molecule is COc1ccc(OC)c(NC(=O)CN2CC(C)Oc3cc(N)ccc32)c1. The van der Waals surface area contributed by atoms with E-state index in [9.17, 15) is 4.79 Å². The summed E-state index contributed by atoms with van der Waals surface area (Å²) in [5, 5.41) is 2.89. The van der Waals surface area contributed by atoms with Crippen LogP contribution in [-0.2, 0) is 4.79 Å². The first-order valence-electron chi connectivity index (χ1n) is 8.33. The zero-order valence-corrected chi connectivity index (χ0v) is 15.1. The van der Waals surface area contributed by atoms with Crippen LogP contribution in [0.5, 0.6) is 17.2 Å². The standard InChI is InChI=1S/C19H23N3O4/c1-12-10-22(16-6-4-13(20)8-18(16)26-12)11-19(23)21-15-9-14(24-2)5-7-17(15)25-3/h4-9,12H,10-11,20H2,1-3H3,(H,21,23). The predicted octanol–water partition coefficient (Wildman–Crippen LogP) is 2.51. The molecule has 1 aliphatic rings. The highest BCUT2D eigenvalue weighted by atomic mass is 16.5. The molecule has 0 aliphatic carbocycles.